The first-order valence-electron chi connectivity index (χ1n) is 6.78. The Hall–Kier alpha value is -2.15. The van der Waals surface area contributed by atoms with E-state index in [1.165, 1.54) is 17.0 Å². The van der Waals surface area contributed by atoms with E-state index in [0.717, 1.165) is 6.07 Å². The number of hydrogen-bond donors (Lipinski definition) is 1. The van der Waals surface area contributed by atoms with Crippen LogP contribution >= 0.6 is 11.6 Å². The molecule has 0 saturated heterocycles. The van der Waals surface area contributed by atoms with Crippen molar-refractivity contribution in [2.24, 2.45) is 0 Å². The molecule has 0 heterocycles. The first kappa shape index (κ1) is 17.9. The quantitative estimate of drug-likeness (QED) is 0.640. The number of hydrogen-bond acceptors (Lipinski definition) is 4. The van der Waals surface area contributed by atoms with Crippen molar-refractivity contribution in [2.45, 2.75) is 26.8 Å². The van der Waals surface area contributed by atoms with Crippen molar-refractivity contribution in [3.8, 4) is 0 Å². The molecule has 0 saturated carbocycles. The molecule has 1 aromatic rings. The Morgan fingerprint density at radius 2 is 2.05 bits per heavy atom. The second-order valence-corrected chi connectivity index (χ2v) is 5.37. The van der Waals surface area contributed by atoms with Crippen LogP contribution in [0.2, 0.25) is 5.02 Å². The number of halogens is 1. The third-order valence-corrected chi connectivity index (χ3v) is 3.16. The van der Waals surface area contributed by atoms with Crippen LogP contribution in [-0.4, -0.2) is 40.8 Å². The SMILES string of the molecule is CCN(CC(=O)NC(C)C)C(=O)c1ccc([N+](=O)[O-])cc1Cl. The highest BCUT2D eigenvalue weighted by Gasteiger charge is 2.21. The van der Waals surface area contributed by atoms with Gasteiger partial charge in [-0.25, -0.2) is 0 Å². The molecule has 1 aromatic carbocycles. The van der Waals surface area contributed by atoms with Crippen molar-refractivity contribution < 1.29 is 14.5 Å². The molecule has 7 nitrogen and oxygen atoms in total. The number of nitro groups is 1. The summed E-state index contributed by atoms with van der Waals surface area (Å²) in [7, 11) is 0. The molecule has 0 aliphatic heterocycles. The fourth-order valence-corrected chi connectivity index (χ4v) is 2.09. The molecule has 1 N–H and O–H groups in total. The lowest BCUT2D eigenvalue weighted by atomic mass is 10.1. The topological polar surface area (TPSA) is 92.6 Å². The minimum absolute atomic E-state index is 0.0121. The Balaban J connectivity index is 2.92. The van der Waals surface area contributed by atoms with E-state index < -0.39 is 10.8 Å². The van der Waals surface area contributed by atoms with E-state index in [0.29, 0.717) is 6.54 Å². The standard InChI is InChI=1S/C14H18ClN3O4/c1-4-17(8-13(19)16-9(2)3)14(20)11-6-5-10(18(21)22)7-12(11)15/h5-7,9H,4,8H2,1-3H3,(H,16,19). The van der Waals surface area contributed by atoms with Crippen LogP contribution in [-0.2, 0) is 4.79 Å². The number of carbonyl (C=O) groups excluding carboxylic acids is 2. The molecule has 0 atom stereocenters. The Bertz CT molecular complexity index is 589. The maximum atomic E-state index is 12.4. The van der Waals surface area contributed by atoms with Gasteiger partial charge in [0.15, 0.2) is 0 Å². The molecule has 0 aliphatic rings. The third-order valence-electron chi connectivity index (χ3n) is 2.85. The largest absolute Gasteiger partial charge is 0.352 e. The first-order chi connectivity index (χ1) is 10.3. The summed E-state index contributed by atoms with van der Waals surface area (Å²) >= 11 is 5.94. The van der Waals surface area contributed by atoms with Crippen molar-refractivity contribution in [1.82, 2.24) is 10.2 Å². The highest BCUT2D eigenvalue weighted by Crippen LogP contribution is 2.23. The smallest absolute Gasteiger partial charge is 0.270 e. The lowest BCUT2D eigenvalue weighted by Crippen LogP contribution is -2.42. The molecule has 0 spiro atoms. The summed E-state index contributed by atoms with van der Waals surface area (Å²) in [6.45, 7) is 5.60. The van der Waals surface area contributed by atoms with Gasteiger partial charge >= 0.3 is 0 Å². The molecule has 8 heteroatoms. The summed E-state index contributed by atoms with van der Waals surface area (Å²) in [5, 5.41) is 13.4. The van der Waals surface area contributed by atoms with Crippen molar-refractivity contribution in [2.75, 3.05) is 13.1 Å². The number of non-ortho nitro benzene ring substituents is 1. The van der Waals surface area contributed by atoms with Gasteiger partial charge in [-0.15, -0.1) is 0 Å². The van der Waals surface area contributed by atoms with Gasteiger partial charge in [0.05, 0.1) is 22.1 Å². The fraction of sp³-hybridized carbons (Fsp3) is 0.429. The molecule has 0 fully saturated rings. The van der Waals surface area contributed by atoms with E-state index in [4.69, 9.17) is 11.6 Å². The maximum Gasteiger partial charge on any atom is 0.270 e. The first-order valence-corrected chi connectivity index (χ1v) is 7.16. The zero-order valence-corrected chi connectivity index (χ0v) is 13.4. The van der Waals surface area contributed by atoms with Crippen molar-refractivity contribution >= 4 is 29.1 Å². The molecule has 1 rings (SSSR count). The molecule has 0 bridgehead atoms. The number of carbonyl (C=O) groups is 2. The highest BCUT2D eigenvalue weighted by molar-refractivity contribution is 6.34. The van der Waals surface area contributed by atoms with Crippen LogP contribution in [0, 0.1) is 10.1 Å². The second-order valence-electron chi connectivity index (χ2n) is 4.96. The summed E-state index contributed by atoms with van der Waals surface area (Å²) in [4.78, 5) is 35.6. The second kappa shape index (κ2) is 7.74. The van der Waals surface area contributed by atoms with Gasteiger partial charge < -0.3 is 10.2 Å². The van der Waals surface area contributed by atoms with E-state index in [9.17, 15) is 19.7 Å². The molecule has 120 valence electrons. The number of likely N-dealkylation sites (N-methyl/N-ethyl adjacent to an activating group) is 1. The zero-order chi connectivity index (χ0) is 16.9. The Kier molecular flexibility index (Phi) is 6.30. The van der Waals surface area contributed by atoms with E-state index >= 15 is 0 Å². The Morgan fingerprint density at radius 1 is 1.41 bits per heavy atom. The lowest BCUT2D eigenvalue weighted by Gasteiger charge is -2.21. The fourth-order valence-electron chi connectivity index (χ4n) is 1.83. The average molecular weight is 328 g/mol. The average Bonchev–Trinajstić information content (AvgIpc) is 2.43. The molecule has 0 aromatic heterocycles. The number of nitrogens with zero attached hydrogens (tertiary/aromatic N) is 2. The number of benzene rings is 1. The number of rotatable bonds is 6. The van der Waals surface area contributed by atoms with E-state index in [1.54, 1.807) is 6.92 Å². The van der Waals surface area contributed by atoms with Crippen molar-refractivity contribution in [3.63, 3.8) is 0 Å². The third kappa shape index (κ3) is 4.70. The van der Waals surface area contributed by atoms with Crippen LogP contribution in [0.3, 0.4) is 0 Å². The molecule has 0 unspecified atom stereocenters. The molecule has 0 aliphatic carbocycles. The minimum Gasteiger partial charge on any atom is -0.352 e. The molecule has 2 amide bonds. The summed E-state index contributed by atoms with van der Waals surface area (Å²) in [5.41, 5.74) is -0.0615. The van der Waals surface area contributed by atoms with Crippen LogP contribution in [0.25, 0.3) is 0 Å². The van der Waals surface area contributed by atoms with Crippen LogP contribution in [0.4, 0.5) is 5.69 Å². The summed E-state index contributed by atoms with van der Waals surface area (Å²) in [6, 6.07) is 3.60. The van der Waals surface area contributed by atoms with Crippen LogP contribution in [0.1, 0.15) is 31.1 Å². The summed E-state index contributed by atoms with van der Waals surface area (Å²) < 4.78 is 0. The van der Waals surface area contributed by atoms with Crippen LogP contribution in [0.5, 0.6) is 0 Å². The molecular weight excluding hydrogens is 310 g/mol. The van der Waals surface area contributed by atoms with Crippen LogP contribution in [0.15, 0.2) is 18.2 Å². The number of nitrogens with one attached hydrogen (secondary N) is 1. The Labute approximate surface area is 133 Å². The van der Waals surface area contributed by atoms with Gasteiger partial charge in [0.1, 0.15) is 0 Å². The molecular formula is C14H18ClN3O4. The van der Waals surface area contributed by atoms with Crippen molar-refractivity contribution in [1.29, 1.82) is 0 Å². The van der Waals surface area contributed by atoms with Gasteiger partial charge in [-0.2, -0.15) is 0 Å². The highest BCUT2D eigenvalue weighted by atomic mass is 35.5. The van der Waals surface area contributed by atoms with Crippen LogP contribution < -0.4 is 5.32 Å². The molecule has 22 heavy (non-hydrogen) atoms. The minimum atomic E-state index is -0.589. The van der Waals surface area contributed by atoms with E-state index in [2.05, 4.69) is 5.32 Å². The number of nitro benzene ring substituents is 1. The van der Waals surface area contributed by atoms with E-state index in [1.807, 2.05) is 13.8 Å². The number of amides is 2. The van der Waals surface area contributed by atoms with Gasteiger partial charge in [0.2, 0.25) is 5.91 Å². The summed E-state index contributed by atoms with van der Waals surface area (Å²) in [5.74, 6) is -0.718. The Morgan fingerprint density at radius 3 is 2.50 bits per heavy atom. The van der Waals surface area contributed by atoms with Gasteiger partial charge in [-0.1, -0.05) is 11.6 Å². The molecule has 0 radical (unpaired) electrons. The van der Waals surface area contributed by atoms with Gasteiger partial charge in [-0.05, 0) is 26.8 Å². The van der Waals surface area contributed by atoms with Crippen molar-refractivity contribution in [3.05, 3.63) is 38.9 Å². The van der Waals surface area contributed by atoms with Gasteiger partial charge in [0, 0.05) is 24.7 Å². The maximum absolute atomic E-state index is 12.4. The predicted octanol–water partition coefficient (Wildman–Crippen LogP) is 2.23. The summed E-state index contributed by atoms with van der Waals surface area (Å²) in [6.07, 6.45) is 0. The van der Waals surface area contributed by atoms with Gasteiger partial charge in [0.25, 0.3) is 11.6 Å². The predicted molar refractivity (Wildman–Crippen MR) is 83.0 cm³/mol. The van der Waals surface area contributed by atoms with Gasteiger partial charge in [-0.3, -0.25) is 19.7 Å². The monoisotopic (exact) mass is 327 g/mol. The zero-order valence-electron chi connectivity index (χ0n) is 12.6. The van der Waals surface area contributed by atoms with E-state index in [-0.39, 0.29) is 34.8 Å². The normalized spacial score (nSPS) is 10.4. The lowest BCUT2D eigenvalue weighted by molar-refractivity contribution is -0.384.